The second-order valence-electron chi connectivity index (χ2n) is 16.4. The van der Waals surface area contributed by atoms with Crippen LogP contribution in [-0.4, -0.2) is 47.4 Å². The number of esters is 1. The number of allylic oxidation sites excluding steroid dienone is 4. The van der Waals surface area contributed by atoms with Gasteiger partial charge in [0.05, 0.1) is 25.4 Å². The number of unbranched alkanes of at least 4 members (excludes halogenated alkanes) is 29. The fourth-order valence-electron chi connectivity index (χ4n) is 7.21. The summed E-state index contributed by atoms with van der Waals surface area (Å²) in [5, 5.41) is 23.1. The van der Waals surface area contributed by atoms with Crippen LogP contribution in [0.3, 0.4) is 0 Å². The first-order chi connectivity index (χ1) is 27.0. The second kappa shape index (κ2) is 45.0. The van der Waals surface area contributed by atoms with Crippen molar-refractivity contribution in [1.82, 2.24) is 5.32 Å². The number of hydrogen-bond donors (Lipinski definition) is 3. The molecule has 0 aliphatic heterocycles. The molecular weight excluding hydrogens is 683 g/mol. The quantitative estimate of drug-likeness (QED) is 0.0325. The summed E-state index contributed by atoms with van der Waals surface area (Å²) in [4.78, 5) is 24.4. The third-order valence-electron chi connectivity index (χ3n) is 11.0. The Hall–Kier alpha value is -1.66. The summed E-state index contributed by atoms with van der Waals surface area (Å²) in [7, 11) is 0. The van der Waals surface area contributed by atoms with Crippen molar-refractivity contribution in [2.75, 3.05) is 13.2 Å². The zero-order valence-electron chi connectivity index (χ0n) is 36.7. The van der Waals surface area contributed by atoms with Gasteiger partial charge in [0, 0.05) is 12.8 Å². The third kappa shape index (κ3) is 41.8. The van der Waals surface area contributed by atoms with Gasteiger partial charge in [-0.15, -0.1) is 0 Å². The molecule has 3 N–H and O–H groups in total. The van der Waals surface area contributed by atoms with Crippen LogP contribution in [0.4, 0.5) is 0 Å². The van der Waals surface area contributed by atoms with Crippen molar-refractivity contribution in [3.8, 4) is 0 Å². The predicted octanol–water partition coefficient (Wildman–Crippen LogP) is 14.0. The van der Waals surface area contributed by atoms with Crippen LogP contribution in [0.25, 0.3) is 0 Å². The molecule has 0 aliphatic rings. The highest BCUT2D eigenvalue weighted by atomic mass is 16.5. The van der Waals surface area contributed by atoms with E-state index in [0.717, 1.165) is 70.6 Å². The highest BCUT2D eigenvalue weighted by Gasteiger charge is 2.20. The largest absolute Gasteiger partial charge is 0.466 e. The minimum atomic E-state index is -0.672. The molecule has 0 saturated carbocycles. The second-order valence-corrected chi connectivity index (χ2v) is 16.4. The van der Waals surface area contributed by atoms with Crippen LogP contribution in [0.5, 0.6) is 0 Å². The minimum Gasteiger partial charge on any atom is -0.466 e. The Bertz CT molecular complexity index is 858. The molecule has 0 heterocycles. The van der Waals surface area contributed by atoms with Crippen LogP contribution in [0.15, 0.2) is 24.3 Å². The molecule has 0 saturated heterocycles. The van der Waals surface area contributed by atoms with Crippen LogP contribution >= 0.6 is 0 Å². The van der Waals surface area contributed by atoms with E-state index in [9.17, 15) is 19.8 Å². The summed E-state index contributed by atoms with van der Waals surface area (Å²) in [6.45, 7) is 4.87. The molecule has 0 aromatic heterocycles. The Morgan fingerprint density at radius 1 is 0.491 bits per heavy atom. The molecule has 0 aromatic rings. The molecule has 324 valence electrons. The molecule has 0 rings (SSSR count). The van der Waals surface area contributed by atoms with E-state index in [0.29, 0.717) is 25.9 Å². The van der Waals surface area contributed by atoms with Gasteiger partial charge in [-0.3, -0.25) is 9.59 Å². The lowest BCUT2D eigenvalue weighted by molar-refractivity contribution is -0.143. The summed E-state index contributed by atoms with van der Waals surface area (Å²) in [5.74, 6) is -0.0732. The van der Waals surface area contributed by atoms with Crippen molar-refractivity contribution in [3.63, 3.8) is 0 Å². The Labute approximate surface area is 341 Å². The summed E-state index contributed by atoms with van der Waals surface area (Å²) in [5.41, 5.74) is 0. The number of amides is 1. The van der Waals surface area contributed by atoms with Gasteiger partial charge in [-0.2, -0.15) is 0 Å². The van der Waals surface area contributed by atoms with Crippen molar-refractivity contribution in [3.05, 3.63) is 24.3 Å². The molecule has 2 unspecified atom stereocenters. The van der Waals surface area contributed by atoms with E-state index in [1.54, 1.807) is 0 Å². The van der Waals surface area contributed by atoms with Gasteiger partial charge in [-0.25, -0.2) is 0 Å². The van der Waals surface area contributed by atoms with E-state index in [-0.39, 0.29) is 18.5 Å². The highest BCUT2D eigenvalue weighted by molar-refractivity contribution is 5.76. The zero-order valence-corrected chi connectivity index (χ0v) is 36.7. The molecule has 6 heteroatoms. The molecule has 0 bridgehead atoms. The summed E-state index contributed by atoms with van der Waals surface area (Å²) in [6.07, 6.45) is 51.4. The number of carbonyl (C=O) groups excluding carboxylic acids is 2. The van der Waals surface area contributed by atoms with Crippen LogP contribution < -0.4 is 5.32 Å². The third-order valence-corrected chi connectivity index (χ3v) is 11.0. The van der Waals surface area contributed by atoms with Crippen molar-refractivity contribution in [2.45, 2.75) is 264 Å². The Morgan fingerprint density at radius 2 is 0.855 bits per heavy atom. The average Bonchev–Trinajstić information content (AvgIpc) is 3.18. The lowest BCUT2D eigenvalue weighted by atomic mass is 10.0. The Balaban J connectivity index is 3.48. The van der Waals surface area contributed by atoms with Crippen molar-refractivity contribution in [2.24, 2.45) is 0 Å². The molecule has 0 fully saturated rings. The number of hydrogen-bond acceptors (Lipinski definition) is 5. The average molecular weight is 776 g/mol. The molecular formula is C49H93NO5. The number of aliphatic hydroxyl groups is 2. The fourth-order valence-corrected chi connectivity index (χ4v) is 7.21. The maximum absolute atomic E-state index is 12.4. The van der Waals surface area contributed by atoms with Gasteiger partial charge in [-0.1, -0.05) is 186 Å². The number of carbonyl (C=O) groups is 2. The van der Waals surface area contributed by atoms with Gasteiger partial charge in [0.15, 0.2) is 0 Å². The Kier molecular flexibility index (Phi) is 43.7. The number of ether oxygens (including phenoxy) is 1. The first-order valence-corrected chi connectivity index (χ1v) is 24.1. The van der Waals surface area contributed by atoms with Gasteiger partial charge in [0.2, 0.25) is 5.91 Å². The monoisotopic (exact) mass is 776 g/mol. The van der Waals surface area contributed by atoms with Crippen molar-refractivity contribution in [1.29, 1.82) is 0 Å². The standard InChI is InChI=1S/C49H93NO5/c1-3-5-7-9-11-13-15-23-27-31-35-39-43-49(54)55-44-40-36-32-28-24-20-18-16-17-19-22-26-30-34-38-42-48(53)50-46(45-51)47(52)41-37-33-29-25-21-14-12-10-8-6-4-2/h11,13,18,20,46-47,51-52H,3-10,12,14-17,19,21-45H2,1-2H3,(H,50,53)/b13-11-,20-18-. The van der Waals surface area contributed by atoms with Crippen LogP contribution in [0, 0.1) is 0 Å². The van der Waals surface area contributed by atoms with Crippen LogP contribution in [0.1, 0.15) is 251 Å². The minimum absolute atomic E-state index is 0.0208. The molecule has 1 amide bonds. The topological polar surface area (TPSA) is 95.9 Å². The van der Waals surface area contributed by atoms with E-state index in [2.05, 4.69) is 43.5 Å². The Morgan fingerprint density at radius 3 is 1.33 bits per heavy atom. The van der Waals surface area contributed by atoms with Crippen molar-refractivity contribution >= 4 is 11.9 Å². The molecule has 0 aliphatic carbocycles. The predicted molar refractivity (Wildman–Crippen MR) is 236 cm³/mol. The fraction of sp³-hybridized carbons (Fsp3) is 0.878. The maximum atomic E-state index is 12.4. The van der Waals surface area contributed by atoms with Crippen LogP contribution in [0.2, 0.25) is 0 Å². The van der Waals surface area contributed by atoms with E-state index >= 15 is 0 Å². The molecule has 6 nitrogen and oxygen atoms in total. The van der Waals surface area contributed by atoms with Crippen LogP contribution in [-0.2, 0) is 14.3 Å². The summed E-state index contributed by atoms with van der Waals surface area (Å²) < 4.78 is 5.43. The first-order valence-electron chi connectivity index (χ1n) is 24.1. The van der Waals surface area contributed by atoms with E-state index in [4.69, 9.17) is 4.74 Å². The van der Waals surface area contributed by atoms with Gasteiger partial charge in [0.25, 0.3) is 0 Å². The number of rotatable bonds is 44. The molecule has 0 radical (unpaired) electrons. The smallest absolute Gasteiger partial charge is 0.305 e. The summed E-state index contributed by atoms with van der Waals surface area (Å²) in [6, 6.07) is -0.551. The van der Waals surface area contributed by atoms with E-state index in [1.165, 1.54) is 148 Å². The van der Waals surface area contributed by atoms with Crippen molar-refractivity contribution < 1.29 is 24.5 Å². The van der Waals surface area contributed by atoms with Gasteiger partial charge in [0.1, 0.15) is 0 Å². The SMILES string of the molecule is CCCCC/C=C\CCCCCCCC(=O)OCCCCCC/C=C\CCCCCCCCCC(=O)NC(CO)C(O)CCCCCCCCCCCCC. The first kappa shape index (κ1) is 53.3. The summed E-state index contributed by atoms with van der Waals surface area (Å²) >= 11 is 0. The van der Waals surface area contributed by atoms with E-state index in [1.807, 2.05) is 0 Å². The molecule has 55 heavy (non-hydrogen) atoms. The molecule has 0 spiro atoms. The lowest BCUT2D eigenvalue weighted by Crippen LogP contribution is -2.45. The maximum Gasteiger partial charge on any atom is 0.305 e. The normalized spacial score (nSPS) is 12.9. The molecule has 0 aromatic carbocycles. The van der Waals surface area contributed by atoms with E-state index < -0.39 is 12.1 Å². The number of aliphatic hydroxyl groups excluding tert-OH is 2. The highest BCUT2D eigenvalue weighted by Crippen LogP contribution is 2.15. The van der Waals surface area contributed by atoms with Gasteiger partial charge < -0.3 is 20.3 Å². The van der Waals surface area contributed by atoms with Gasteiger partial charge >= 0.3 is 5.97 Å². The number of nitrogens with one attached hydrogen (secondary N) is 1. The van der Waals surface area contributed by atoms with Gasteiger partial charge in [-0.05, 0) is 77.0 Å². The zero-order chi connectivity index (χ0) is 40.1. The lowest BCUT2D eigenvalue weighted by Gasteiger charge is -2.22. The molecule has 2 atom stereocenters.